The first-order valence-corrected chi connectivity index (χ1v) is 6.59. The molecule has 1 unspecified atom stereocenters. The molecule has 1 aliphatic rings. The van der Waals surface area contributed by atoms with E-state index < -0.39 is 11.7 Å². The maximum absolute atomic E-state index is 12.4. The zero-order valence-corrected chi connectivity index (χ0v) is 10.7. The predicted octanol–water partition coefficient (Wildman–Crippen LogP) is 1.49. The van der Waals surface area contributed by atoms with E-state index in [9.17, 15) is 13.2 Å². The molecule has 0 amide bonds. The Hall–Kier alpha value is -1.07. The van der Waals surface area contributed by atoms with Gasteiger partial charge in [0.25, 0.3) is 0 Å². The van der Waals surface area contributed by atoms with Crippen LogP contribution in [0.5, 0.6) is 0 Å². The van der Waals surface area contributed by atoms with Crippen molar-refractivity contribution in [2.24, 2.45) is 5.92 Å². The molecule has 0 spiro atoms. The second kappa shape index (κ2) is 5.92. The fraction of sp³-hybridized carbons (Fsp3) is 0.571. The van der Waals surface area contributed by atoms with Gasteiger partial charge in [-0.1, -0.05) is 12.1 Å². The smallest absolute Gasteiger partial charge is 0.396 e. The van der Waals surface area contributed by atoms with Gasteiger partial charge >= 0.3 is 6.18 Å². The number of alkyl halides is 3. The molecule has 2 atom stereocenters. The minimum absolute atomic E-state index is 0.205. The summed E-state index contributed by atoms with van der Waals surface area (Å²) >= 11 is 0. The number of nitrogens with one attached hydrogen (secondary N) is 1. The van der Waals surface area contributed by atoms with Crippen molar-refractivity contribution in [3.8, 4) is 0 Å². The first-order chi connectivity index (χ1) is 8.99. The third kappa shape index (κ3) is 3.94. The van der Waals surface area contributed by atoms with E-state index >= 15 is 0 Å². The van der Waals surface area contributed by atoms with Crippen molar-refractivity contribution in [3.63, 3.8) is 0 Å². The van der Waals surface area contributed by atoms with Crippen molar-refractivity contribution < 1.29 is 23.2 Å². The van der Waals surface area contributed by atoms with Crippen LogP contribution >= 0.6 is 0 Å². The summed E-state index contributed by atoms with van der Waals surface area (Å²) in [5.41, 5.74) is 0.319. The van der Waals surface area contributed by atoms with E-state index in [2.05, 4.69) is 0 Å². The Labute approximate surface area is 110 Å². The van der Waals surface area contributed by atoms with E-state index in [4.69, 9.17) is 5.11 Å². The molecule has 0 aliphatic carbocycles. The molecule has 0 saturated carbocycles. The van der Waals surface area contributed by atoms with Crippen LogP contribution in [0.15, 0.2) is 24.3 Å². The number of quaternary nitrogens is 1. The largest absolute Gasteiger partial charge is 0.416 e. The zero-order valence-electron chi connectivity index (χ0n) is 10.7. The van der Waals surface area contributed by atoms with Gasteiger partial charge in [0, 0.05) is 11.5 Å². The summed E-state index contributed by atoms with van der Waals surface area (Å²) in [6.45, 7) is 2.86. The maximum Gasteiger partial charge on any atom is 0.416 e. The van der Waals surface area contributed by atoms with E-state index in [1.807, 2.05) is 0 Å². The second-order valence-corrected chi connectivity index (χ2v) is 5.27. The molecule has 1 saturated heterocycles. The number of halogens is 3. The first kappa shape index (κ1) is 14.3. The Balaban J connectivity index is 1.96. The molecule has 0 bridgehead atoms. The van der Waals surface area contributed by atoms with E-state index in [-0.39, 0.29) is 6.61 Å². The van der Waals surface area contributed by atoms with Gasteiger partial charge in [-0.2, -0.15) is 13.2 Å². The lowest BCUT2D eigenvalue weighted by atomic mass is 9.98. The van der Waals surface area contributed by atoms with Crippen molar-refractivity contribution in [2.75, 3.05) is 19.7 Å². The maximum atomic E-state index is 12.4. The molecule has 0 radical (unpaired) electrons. The Kier molecular flexibility index (Phi) is 4.47. The summed E-state index contributed by atoms with van der Waals surface area (Å²) in [5.74, 6) is 0.332. The Morgan fingerprint density at radius 3 is 2.47 bits per heavy atom. The highest BCUT2D eigenvalue weighted by atomic mass is 19.4. The number of benzene rings is 1. The van der Waals surface area contributed by atoms with Crippen LogP contribution in [0.1, 0.15) is 24.0 Å². The van der Waals surface area contributed by atoms with Gasteiger partial charge in [-0.25, -0.2) is 0 Å². The molecule has 1 aromatic carbocycles. The monoisotopic (exact) mass is 274 g/mol. The average Bonchev–Trinajstić information content (AvgIpc) is 2.38. The molecule has 2 rings (SSSR count). The molecule has 19 heavy (non-hydrogen) atoms. The molecule has 1 aliphatic heterocycles. The van der Waals surface area contributed by atoms with E-state index in [0.29, 0.717) is 5.92 Å². The molecule has 106 valence electrons. The van der Waals surface area contributed by atoms with Crippen molar-refractivity contribution in [2.45, 2.75) is 25.6 Å². The minimum atomic E-state index is -4.27. The molecular formula is C14H19F3NO+. The molecule has 1 heterocycles. The molecule has 2 N–H and O–H groups in total. The van der Waals surface area contributed by atoms with Crippen LogP contribution in [0.25, 0.3) is 0 Å². The van der Waals surface area contributed by atoms with Gasteiger partial charge in [-0.3, -0.25) is 0 Å². The van der Waals surface area contributed by atoms with Crippen LogP contribution in [0, 0.1) is 5.92 Å². The van der Waals surface area contributed by atoms with Gasteiger partial charge in [0.05, 0.1) is 25.3 Å². The number of piperidine rings is 1. The minimum Gasteiger partial charge on any atom is -0.396 e. The van der Waals surface area contributed by atoms with Crippen LogP contribution in [0.3, 0.4) is 0 Å². The summed E-state index contributed by atoms with van der Waals surface area (Å²) < 4.78 is 37.3. The highest BCUT2D eigenvalue weighted by molar-refractivity contribution is 5.23. The first-order valence-electron chi connectivity index (χ1n) is 6.59. The van der Waals surface area contributed by atoms with Crippen molar-refractivity contribution in [1.82, 2.24) is 0 Å². The topological polar surface area (TPSA) is 24.7 Å². The van der Waals surface area contributed by atoms with Crippen molar-refractivity contribution in [1.29, 1.82) is 0 Å². The van der Waals surface area contributed by atoms with E-state index in [1.54, 1.807) is 12.1 Å². The van der Waals surface area contributed by atoms with Crippen molar-refractivity contribution >= 4 is 0 Å². The van der Waals surface area contributed by atoms with Gasteiger partial charge in [0.1, 0.15) is 6.54 Å². The number of aliphatic hydroxyl groups excluding tert-OH is 1. The van der Waals surface area contributed by atoms with Gasteiger partial charge in [-0.05, 0) is 25.0 Å². The Morgan fingerprint density at radius 1 is 1.21 bits per heavy atom. The highest BCUT2D eigenvalue weighted by Crippen LogP contribution is 2.28. The van der Waals surface area contributed by atoms with E-state index in [0.717, 1.165) is 50.2 Å². The summed E-state index contributed by atoms with van der Waals surface area (Å²) in [7, 11) is 0. The molecule has 1 aromatic rings. The lowest BCUT2D eigenvalue weighted by molar-refractivity contribution is -0.922. The van der Waals surface area contributed by atoms with Crippen LogP contribution < -0.4 is 4.90 Å². The SMILES string of the molecule is OC[C@H]1CCC[NH+](Cc2ccc(C(F)(F)F)cc2)C1. The number of aliphatic hydroxyl groups is 1. The van der Waals surface area contributed by atoms with Crippen LogP contribution in [-0.2, 0) is 12.7 Å². The normalized spacial score (nSPS) is 24.4. The van der Waals surface area contributed by atoms with Gasteiger partial charge in [-0.15, -0.1) is 0 Å². The highest BCUT2D eigenvalue weighted by Gasteiger charge is 2.30. The van der Waals surface area contributed by atoms with E-state index in [1.165, 1.54) is 4.90 Å². The average molecular weight is 274 g/mol. The zero-order chi connectivity index (χ0) is 13.9. The Bertz CT molecular complexity index is 402. The number of hydrogen-bond donors (Lipinski definition) is 2. The van der Waals surface area contributed by atoms with Crippen LogP contribution in [0.4, 0.5) is 13.2 Å². The molecule has 1 fully saturated rings. The summed E-state index contributed by atoms with van der Waals surface area (Å²) in [6, 6.07) is 5.39. The van der Waals surface area contributed by atoms with Crippen molar-refractivity contribution in [3.05, 3.63) is 35.4 Å². The molecule has 0 aromatic heterocycles. The van der Waals surface area contributed by atoms with Gasteiger partial charge < -0.3 is 10.0 Å². The Morgan fingerprint density at radius 2 is 1.89 bits per heavy atom. The number of hydrogen-bond acceptors (Lipinski definition) is 1. The third-order valence-corrected chi connectivity index (χ3v) is 3.71. The number of likely N-dealkylation sites (tertiary alicyclic amines) is 1. The van der Waals surface area contributed by atoms with Crippen LogP contribution in [-0.4, -0.2) is 24.8 Å². The fourth-order valence-corrected chi connectivity index (χ4v) is 2.67. The molecule has 5 heteroatoms. The van der Waals surface area contributed by atoms with Gasteiger partial charge in [0.15, 0.2) is 0 Å². The fourth-order valence-electron chi connectivity index (χ4n) is 2.67. The summed E-state index contributed by atoms with van der Waals surface area (Å²) in [4.78, 5) is 1.34. The molecule has 2 nitrogen and oxygen atoms in total. The quantitative estimate of drug-likeness (QED) is 0.857. The molecular weight excluding hydrogens is 255 g/mol. The third-order valence-electron chi connectivity index (χ3n) is 3.71. The second-order valence-electron chi connectivity index (χ2n) is 5.27. The number of rotatable bonds is 3. The predicted molar refractivity (Wildman–Crippen MR) is 65.7 cm³/mol. The summed E-state index contributed by atoms with van der Waals surface area (Å²) in [5, 5.41) is 9.16. The lowest BCUT2D eigenvalue weighted by Gasteiger charge is -2.28. The summed E-state index contributed by atoms with van der Waals surface area (Å²) in [6.07, 6.45) is -2.15. The lowest BCUT2D eigenvalue weighted by Crippen LogP contribution is -3.12. The van der Waals surface area contributed by atoms with Gasteiger partial charge in [0.2, 0.25) is 0 Å². The van der Waals surface area contributed by atoms with Crippen LogP contribution in [0.2, 0.25) is 0 Å². The standard InChI is InChI=1S/C14H18F3NO/c15-14(16,17)13-5-3-11(4-6-13)8-18-7-1-2-12(9-18)10-19/h3-6,12,19H,1-2,7-10H2/p+1/t12-/m0/s1.